The Bertz CT molecular complexity index is 359. The van der Waals surface area contributed by atoms with Gasteiger partial charge in [0.2, 0.25) is 0 Å². The first kappa shape index (κ1) is 31.4. The molecule has 0 aliphatic carbocycles. The van der Waals surface area contributed by atoms with Crippen LogP contribution in [0.15, 0.2) is 0 Å². The molecule has 0 aromatic rings. The van der Waals surface area contributed by atoms with Crippen molar-refractivity contribution in [2.75, 3.05) is 13.1 Å². The van der Waals surface area contributed by atoms with Gasteiger partial charge in [0.15, 0.2) is 0 Å². The fourth-order valence-electron chi connectivity index (χ4n) is 4.61. The van der Waals surface area contributed by atoms with Gasteiger partial charge < -0.3 is 5.11 Å². The van der Waals surface area contributed by atoms with Crippen LogP contribution in [0.1, 0.15) is 162 Å². The summed E-state index contributed by atoms with van der Waals surface area (Å²) in [6.07, 6.45) is 29.5. The van der Waals surface area contributed by atoms with Crippen molar-refractivity contribution < 1.29 is 9.90 Å². The lowest BCUT2D eigenvalue weighted by Crippen LogP contribution is -2.40. The highest BCUT2D eigenvalue weighted by atomic mass is 16.4. The van der Waals surface area contributed by atoms with E-state index < -0.39 is 5.97 Å². The summed E-state index contributed by atoms with van der Waals surface area (Å²) in [6.45, 7) is 8.30. The van der Waals surface area contributed by atoms with E-state index in [0.717, 1.165) is 25.9 Å². The zero-order valence-electron chi connectivity index (χ0n) is 22.4. The van der Waals surface area contributed by atoms with E-state index in [1.165, 1.54) is 128 Å². The first-order valence-corrected chi connectivity index (χ1v) is 14.6. The highest BCUT2D eigenvalue weighted by molar-refractivity contribution is 5.72. The predicted molar refractivity (Wildman–Crippen MR) is 142 cm³/mol. The van der Waals surface area contributed by atoms with E-state index in [0.29, 0.717) is 0 Å². The largest absolute Gasteiger partial charge is 0.480 e. The van der Waals surface area contributed by atoms with Gasteiger partial charge >= 0.3 is 5.97 Å². The third-order valence-electron chi connectivity index (χ3n) is 7.00. The normalized spacial score (nSPS) is 12.5. The predicted octanol–water partition coefficient (Wildman–Crippen LogP) is 9.38. The molecular weight excluding hydrogens is 394 g/mol. The van der Waals surface area contributed by atoms with Crippen molar-refractivity contribution in [1.82, 2.24) is 4.90 Å². The molecule has 1 unspecified atom stereocenters. The van der Waals surface area contributed by atoms with E-state index in [2.05, 4.69) is 18.7 Å². The van der Waals surface area contributed by atoms with Crippen molar-refractivity contribution in [3.05, 3.63) is 0 Å². The Labute approximate surface area is 202 Å². The Morgan fingerprint density at radius 1 is 0.531 bits per heavy atom. The number of carboxylic acid groups (broad SMARTS) is 1. The number of unbranched alkanes of at least 4 members (excludes halogenated alkanes) is 20. The van der Waals surface area contributed by atoms with Gasteiger partial charge in [0.05, 0.1) is 0 Å². The Morgan fingerprint density at radius 2 is 0.781 bits per heavy atom. The molecule has 0 saturated heterocycles. The topological polar surface area (TPSA) is 40.5 Å². The van der Waals surface area contributed by atoms with Crippen molar-refractivity contribution in [1.29, 1.82) is 0 Å². The first-order chi connectivity index (χ1) is 15.6. The molecule has 1 atom stereocenters. The molecule has 0 aliphatic rings. The molecule has 1 N–H and O–H groups in total. The number of carboxylic acids is 1. The summed E-state index contributed by atoms with van der Waals surface area (Å²) in [6, 6.07) is -0.346. The van der Waals surface area contributed by atoms with Gasteiger partial charge in [-0.25, -0.2) is 0 Å². The maximum atomic E-state index is 11.5. The summed E-state index contributed by atoms with van der Waals surface area (Å²) < 4.78 is 0. The first-order valence-electron chi connectivity index (χ1n) is 14.6. The lowest BCUT2D eigenvalue weighted by molar-refractivity contribution is -0.142. The number of nitrogens with zero attached hydrogens (tertiary/aromatic N) is 1. The van der Waals surface area contributed by atoms with Gasteiger partial charge in [-0.05, 0) is 32.9 Å². The van der Waals surface area contributed by atoms with Crippen LogP contribution in [0.25, 0.3) is 0 Å². The average Bonchev–Trinajstić information content (AvgIpc) is 2.79. The van der Waals surface area contributed by atoms with Crippen LogP contribution in [-0.4, -0.2) is 35.1 Å². The summed E-state index contributed by atoms with van der Waals surface area (Å²) in [5.41, 5.74) is 0. The average molecular weight is 454 g/mol. The molecule has 0 aliphatic heterocycles. The van der Waals surface area contributed by atoms with Gasteiger partial charge in [-0.1, -0.05) is 142 Å². The van der Waals surface area contributed by atoms with Crippen molar-refractivity contribution >= 4 is 5.97 Å². The molecule has 0 radical (unpaired) electrons. The summed E-state index contributed by atoms with van der Waals surface area (Å²) in [5, 5.41) is 9.47. The zero-order chi connectivity index (χ0) is 23.7. The highest BCUT2D eigenvalue weighted by Gasteiger charge is 2.19. The lowest BCUT2D eigenvalue weighted by Gasteiger charge is -2.26. The quantitative estimate of drug-likeness (QED) is 0.133. The van der Waals surface area contributed by atoms with Crippen LogP contribution in [0.5, 0.6) is 0 Å². The molecule has 0 heterocycles. The molecule has 0 aromatic carbocycles. The van der Waals surface area contributed by atoms with Gasteiger partial charge in [-0.15, -0.1) is 0 Å². The molecule has 0 amide bonds. The molecule has 0 spiro atoms. The number of aliphatic carboxylic acids is 1. The fourth-order valence-corrected chi connectivity index (χ4v) is 4.61. The van der Waals surface area contributed by atoms with E-state index in [9.17, 15) is 9.90 Å². The van der Waals surface area contributed by atoms with Crippen molar-refractivity contribution in [2.45, 2.75) is 168 Å². The summed E-state index contributed by atoms with van der Waals surface area (Å²) >= 11 is 0. The number of carbonyl (C=O) groups is 1. The Balaban J connectivity index is 3.70. The van der Waals surface area contributed by atoms with Crippen LogP contribution < -0.4 is 0 Å². The zero-order valence-corrected chi connectivity index (χ0v) is 22.4. The van der Waals surface area contributed by atoms with Crippen molar-refractivity contribution in [3.8, 4) is 0 Å². The fraction of sp³-hybridized carbons (Fsp3) is 0.966. The Kier molecular flexibility index (Phi) is 24.6. The standard InChI is InChI=1S/C29H59NO2/c1-4-6-8-10-12-14-16-18-20-22-24-26-30(28(3)29(31)32)27-25-23-21-19-17-15-13-11-9-7-5-2/h28H,4-27H2,1-3H3,(H,31,32). The second-order valence-corrected chi connectivity index (χ2v) is 10.1. The summed E-state index contributed by atoms with van der Waals surface area (Å²) in [5.74, 6) is -0.670. The molecule has 0 aromatic heterocycles. The number of rotatable bonds is 26. The maximum Gasteiger partial charge on any atom is 0.320 e. The van der Waals surface area contributed by atoms with Gasteiger partial charge in [0, 0.05) is 0 Å². The molecule has 192 valence electrons. The van der Waals surface area contributed by atoms with Crippen LogP contribution in [0, 0.1) is 0 Å². The molecule has 3 heteroatoms. The maximum absolute atomic E-state index is 11.5. The van der Waals surface area contributed by atoms with Gasteiger partial charge in [0.25, 0.3) is 0 Å². The molecular formula is C29H59NO2. The SMILES string of the molecule is CCCCCCCCCCCCCN(CCCCCCCCCCCCC)C(C)C(=O)O. The van der Waals surface area contributed by atoms with Crippen LogP contribution in [0.4, 0.5) is 0 Å². The van der Waals surface area contributed by atoms with Gasteiger partial charge in [-0.2, -0.15) is 0 Å². The Hall–Kier alpha value is -0.570. The minimum atomic E-state index is -0.670. The molecule has 0 bridgehead atoms. The minimum absolute atomic E-state index is 0.346. The van der Waals surface area contributed by atoms with E-state index in [1.807, 2.05) is 6.92 Å². The summed E-state index contributed by atoms with van der Waals surface area (Å²) in [7, 11) is 0. The highest BCUT2D eigenvalue weighted by Crippen LogP contribution is 2.14. The second kappa shape index (κ2) is 25.1. The molecule has 0 fully saturated rings. The van der Waals surface area contributed by atoms with E-state index >= 15 is 0 Å². The second-order valence-electron chi connectivity index (χ2n) is 10.1. The van der Waals surface area contributed by atoms with Crippen molar-refractivity contribution in [2.24, 2.45) is 0 Å². The monoisotopic (exact) mass is 453 g/mol. The van der Waals surface area contributed by atoms with E-state index in [1.54, 1.807) is 0 Å². The third kappa shape index (κ3) is 21.3. The lowest BCUT2D eigenvalue weighted by atomic mass is 10.0. The third-order valence-corrected chi connectivity index (χ3v) is 7.00. The van der Waals surface area contributed by atoms with Crippen molar-refractivity contribution in [3.63, 3.8) is 0 Å². The van der Waals surface area contributed by atoms with Crippen LogP contribution in [-0.2, 0) is 4.79 Å². The molecule has 3 nitrogen and oxygen atoms in total. The minimum Gasteiger partial charge on any atom is -0.480 e. The molecule has 32 heavy (non-hydrogen) atoms. The Morgan fingerprint density at radius 3 is 1.03 bits per heavy atom. The van der Waals surface area contributed by atoms with Crippen LogP contribution in [0.3, 0.4) is 0 Å². The number of hydrogen-bond donors (Lipinski definition) is 1. The van der Waals surface area contributed by atoms with Crippen LogP contribution in [0.2, 0.25) is 0 Å². The van der Waals surface area contributed by atoms with E-state index in [-0.39, 0.29) is 6.04 Å². The smallest absolute Gasteiger partial charge is 0.320 e. The van der Waals surface area contributed by atoms with E-state index in [4.69, 9.17) is 0 Å². The molecule has 0 saturated carbocycles. The number of hydrogen-bond acceptors (Lipinski definition) is 2. The molecule has 0 rings (SSSR count). The van der Waals surface area contributed by atoms with Gasteiger partial charge in [-0.3, -0.25) is 9.69 Å². The van der Waals surface area contributed by atoms with Gasteiger partial charge in [0.1, 0.15) is 6.04 Å². The van der Waals surface area contributed by atoms with Crippen LogP contribution >= 0.6 is 0 Å². The summed E-state index contributed by atoms with van der Waals surface area (Å²) in [4.78, 5) is 13.7.